The summed E-state index contributed by atoms with van der Waals surface area (Å²) < 4.78 is 3.54. The van der Waals surface area contributed by atoms with Crippen molar-refractivity contribution in [3.63, 3.8) is 0 Å². The average molecular weight is 418 g/mol. The van der Waals surface area contributed by atoms with Gasteiger partial charge in [-0.15, -0.1) is 0 Å². The summed E-state index contributed by atoms with van der Waals surface area (Å²) in [6.07, 6.45) is 2.48. The maximum atomic E-state index is 12.8. The van der Waals surface area contributed by atoms with Crippen LogP contribution in [-0.2, 0) is 18.4 Å². The van der Waals surface area contributed by atoms with Crippen LogP contribution in [-0.4, -0.2) is 25.0 Å². The van der Waals surface area contributed by atoms with Gasteiger partial charge in [-0.3, -0.25) is 14.2 Å². The van der Waals surface area contributed by atoms with E-state index in [4.69, 9.17) is 4.98 Å². The van der Waals surface area contributed by atoms with Crippen LogP contribution in [0.3, 0.4) is 0 Å². The molecule has 0 aliphatic heterocycles. The third kappa shape index (κ3) is 4.35. The van der Waals surface area contributed by atoms with E-state index in [1.807, 2.05) is 48.0 Å². The highest BCUT2D eigenvalue weighted by atomic mass is 16.2. The van der Waals surface area contributed by atoms with Gasteiger partial charge in [0.25, 0.3) is 5.56 Å². The first-order chi connectivity index (χ1) is 14.9. The van der Waals surface area contributed by atoms with Crippen molar-refractivity contribution in [2.45, 2.75) is 39.3 Å². The molecule has 0 aliphatic carbocycles. The molecule has 2 aromatic heterocycles. The van der Waals surface area contributed by atoms with Gasteiger partial charge in [-0.05, 0) is 36.6 Å². The maximum Gasteiger partial charge on any atom is 0.261 e. The van der Waals surface area contributed by atoms with Gasteiger partial charge < -0.3 is 9.88 Å². The van der Waals surface area contributed by atoms with Gasteiger partial charge in [-0.25, -0.2) is 9.97 Å². The lowest BCUT2D eigenvalue weighted by atomic mass is 10.0. The molecule has 160 valence electrons. The molecule has 0 fully saturated rings. The number of hydrogen-bond acceptors (Lipinski definition) is 4. The molecule has 7 heteroatoms. The first-order valence-electron chi connectivity index (χ1n) is 10.6. The number of rotatable bonds is 7. The summed E-state index contributed by atoms with van der Waals surface area (Å²) in [6.45, 7) is 4.53. The third-order valence-corrected chi connectivity index (χ3v) is 5.49. The van der Waals surface area contributed by atoms with Gasteiger partial charge in [0.15, 0.2) is 0 Å². The molecule has 0 radical (unpaired) electrons. The lowest BCUT2D eigenvalue weighted by molar-refractivity contribution is -0.122. The number of para-hydroxylation sites is 3. The third-order valence-electron chi connectivity index (χ3n) is 5.49. The largest absolute Gasteiger partial charge is 0.346 e. The molecular weight excluding hydrogens is 390 g/mol. The van der Waals surface area contributed by atoms with Crippen molar-refractivity contribution in [2.24, 2.45) is 13.0 Å². The lowest BCUT2D eigenvalue weighted by Gasteiger charge is -2.20. The molecule has 0 saturated heterocycles. The Labute approximate surface area is 180 Å². The van der Waals surface area contributed by atoms with E-state index in [2.05, 4.69) is 24.1 Å². The summed E-state index contributed by atoms with van der Waals surface area (Å²) in [5.74, 6) is 1.11. The number of carbonyl (C=O) groups excluding carboxylic acids is 1. The number of fused-ring (bicyclic) bond motifs is 2. The van der Waals surface area contributed by atoms with E-state index in [0.29, 0.717) is 16.8 Å². The number of amides is 1. The fourth-order valence-corrected chi connectivity index (χ4v) is 3.93. The van der Waals surface area contributed by atoms with Gasteiger partial charge in [-0.1, -0.05) is 38.1 Å². The van der Waals surface area contributed by atoms with Crippen molar-refractivity contribution in [1.29, 1.82) is 0 Å². The van der Waals surface area contributed by atoms with Crippen LogP contribution in [0.5, 0.6) is 0 Å². The molecule has 2 aromatic carbocycles. The summed E-state index contributed by atoms with van der Waals surface area (Å²) in [7, 11) is 1.98. The van der Waals surface area contributed by atoms with Gasteiger partial charge in [0.05, 0.1) is 34.3 Å². The number of nitrogens with one attached hydrogen (secondary N) is 1. The highest BCUT2D eigenvalue weighted by molar-refractivity contribution is 5.78. The van der Waals surface area contributed by atoms with E-state index in [1.54, 1.807) is 12.1 Å². The van der Waals surface area contributed by atoms with Crippen LogP contribution in [0, 0.1) is 5.92 Å². The van der Waals surface area contributed by atoms with E-state index in [-0.39, 0.29) is 30.5 Å². The Bertz CT molecular complexity index is 1290. The number of imidazole rings is 1. The smallest absolute Gasteiger partial charge is 0.261 e. The zero-order valence-corrected chi connectivity index (χ0v) is 18.1. The highest BCUT2D eigenvalue weighted by Gasteiger charge is 2.22. The topological polar surface area (TPSA) is 81.8 Å². The number of benzene rings is 2. The van der Waals surface area contributed by atoms with Gasteiger partial charge in [0.1, 0.15) is 5.82 Å². The minimum atomic E-state index is -0.198. The molecule has 0 aliphatic rings. The molecule has 31 heavy (non-hydrogen) atoms. The molecule has 1 amide bonds. The van der Waals surface area contributed by atoms with Crippen LogP contribution in [0.4, 0.5) is 0 Å². The predicted molar refractivity (Wildman–Crippen MR) is 122 cm³/mol. The van der Waals surface area contributed by atoms with Crippen LogP contribution in [0.25, 0.3) is 21.9 Å². The lowest BCUT2D eigenvalue weighted by Crippen LogP contribution is -2.32. The Balaban J connectivity index is 1.51. The Morgan fingerprint density at radius 2 is 1.77 bits per heavy atom. The van der Waals surface area contributed by atoms with E-state index >= 15 is 0 Å². The standard InChI is InChI=1S/C24H27N5O2/c1-16(2)14-20(23-27-19-10-6-7-11-21(19)28(23)3)26-22(30)12-13-29-15-25-18-9-5-4-8-17(18)24(29)31/h4-11,15-16,20H,12-14H2,1-3H3,(H,26,30). The van der Waals surface area contributed by atoms with Crippen LogP contribution in [0.2, 0.25) is 0 Å². The van der Waals surface area contributed by atoms with Crippen molar-refractivity contribution < 1.29 is 4.79 Å². The fourth-order valence-electron chi connectivity index (χ4n) is 3.93. The zero-order valence-electron chi connectivity index (χ0n) is 18.1. The molecule has 4 rings (SSSR count). The Hall–Kier alpha value is -3.48. The van der Waals surface area contributed by atoms with E-state index < -0.39 is 0 Å². The van der Waals surface area contributed by atoms with Crippen molar-refractivity contribution in [3.8, 4) is 0 Å². The quantitative estimate of drug-likeness (QED) is 0.498. The van der Waals surface area contributed by atoms with Crippen LogP contribution in [0.1, 0.15) is 38.6 Å². The Morgan fingerprint density at radius 3 is 2.52 bits per heavy atom. The SMILES string of the molecule is CC(C)CC(NC(=O)CCn1cnc2ccccc2c1=O)c1nc2ccccc2n1C. The number of hydrogen-bond donors (Lipinski definition) is 1. The Morgan fingerprint density at radius 1 is 1.06 bits per heavy atom. The van der Waals surface area contributed by atoms with Crippen molar-refractivity contribution in [3.05, 3.63) is 71.0 Å². The van der Waals surface area contributed by atoms with Crippen LogP contribution in [0.15, 0.2) is 59.7 Å². The fraction of sp³-hybridized carbons (Fsp3) is 0.333. The second-order valence-corrected chi connectivity index (χ2v) is 8.28. The van der Waals surface area contributed by atoms with Gasteiger partial charge in [0.2, 0.25) is 5.91 Å². The first kappa shape index (κ1) is 20.8. The molecule has 2 heterocycles. The second kappa shape index (κ2) is 8.71. The molecule has 1 N–H and O–H groups in total. The molecule has 1 atom stereocenters. The van der Waals surface area contributed by atoms with E-state index in [0.717, 1.165) is 23.3 Å². The van der Waals surface area contributed by atoms with Crippen molar-refractivity contribution in [2.75, 3.05) is 0 Å². The minimum Gasteiger partial charge on any atom is -0.346 e. The number of nitrogens with zero attached hydrogens (tertiary/aromatic N) is 4. The summed E-state index contributed by atoms with van der Waals surface area (Å²) in [4.78, 5) is 34.5. The van der Waals surface area contributed by atoms with Crippen LogP contribution >= 0.6 is 0 Å². The summed E-state index contributed by atoms with van der Waals surface area (Å²) in [6, 6.07) is 15.0. The first-order valence-corrected chi connectivity index (χ1v) is 10.6. The number of aryl methyl sites for hydroxylation is 2. The highest BCUT2D eigenvalue weighted by Crippen LogP contribution is 2.24. The molecule has 4 aromatic rings. The van der Waals surface area contributed by atoms with E-state index in [1.165, 1.54) is 10.9 Å². The summed E-state index contributed by atoms with van der Waals surface area (Å²) >= 11 is 0. The average Bonchev–Trinajstić information content (AvgIpc) is 3.09. The second-order valence-electron chi connectivity index (χ2n) is 8.28. The van der Waals surface area contributed by atoms with Crippen molar-refractivity contribution in [1.82, 2.24) is 24.4 Å². The molecule has 7 nitrogen and oxygen atoms in total. The normalized spacial score (nSPS) is 12.5. The zero-order chi connectivity index (χ0) is 22.0. The van der Waals surface area contributed by atoms with Crippen molar-refractivity contribution >= 4 is 27.8 Å². The molecule has 1 unspecified atom stereocenters. The summed E-state index contributed by atoms with van der Waals surface area (Å²) in [5.41, 5.74) is 2.48. The van der Waals surface area contributed by atoms with Crippen LogP contribution < -0.4 is 10.9 Å². The molecule has 0 saturated carbocycles. The molecular formula is C24H27N5O2. The number of carbonyl (C=O) groups is 1. The van der Waals surface area contributed by atoms with Gasteiger partial charge in [0, 0.05) is 20.0 Å². The minimum absolute atomic E-state index is 0.113. The van der Waals surface area contributed by atoms with Gasteiger partial charge >= 0.3 is 0 Å². The monoisotopic (exact) mass is 417 g/mol. The van der Waals surface area contributed by atoms with Gasteiger partial charge in [-0.2, -0.15) is 0 Å². The molecule has 0 bridgehead atoms. The van der Waals surface area contributed by atoms with E-state index in [9.17, 15) is 9.59 Å². The predicted octanol–water partition coefficient (Wildman–Crippen LogP) is 3.58. The molecule has 0 spiro atoms. The summed E-state index contributed by atoms with van der Waals surface area (Å²) in [5, 5.41) is 3.69. The number of aromatic nitrogens is 4. The maximum absolute atomic E-state index is 12.8. The Kier molecular flexibility index (Phi) is 5.84.